The van der Waals surface area contributed by atoms with Crippen LogP contribution in [0.5, 0.6) is 0 Å². The Bertz CT molecular complexity index is 889. The van der Waals surface area contributed by atoms with Gasteiger partial charge in [-0.05, 0) is 30.2 Å². The van der Waals surface area contributed by atoms with E-state index < -0.39 is 0 Å². The van der Waals surface area contributed by atoms with Gasteiger partial charge >= 0.3 is 5.97 Å². The lowest BCUT2D eigenvalue weighted by Crippen LogP contribution is -2.06. The highest BCUT2D eigenvalue weighted by Gasteiger charge is 2.36. The van der Waals surface area contributed by atoms with E-state index in [0.29, 0.717) is 0 Å². The molecular formula is C19H19BrN2O2. The molecule has 5 heteroatoms. The molecule has 1 aliphatic rings. The summed E-state index contributed by atoms with van der Waals surface area (Å²) in [7, 11) is 0. The Balaban J connectivity index is 0.00000169. The molecule has 2 atom stereocenters. The van der Waals surface area contributed by atoms with Crippen LogP contribution in [0.2, 0.25) is 0 Å². The number of aromatic nitrogens is 2. The average Bonchev–Trinajstić information content (AvgIpc) is 3.06. The molecule has 0 radical (unpaired) electrons. The van der Waals surface area contributed by atoms with Gasteiger partial charge in [0.2, 0.25) is 0 Å². The number of esters is 1. The number of nitrogens with zero attached hydrogens (tertiary/aromatic N) is 2. The molecule has 0 fully saturated rings. The van der Waals surface area contributed by atoms with Gasteiger partial charge in [0, 0.05) is 13.3 Å². The molecule has 0 aliphatic carbocycles. The molecule has 1 aromatic heterocycles. The predicted molar refractivity (Wildman–Crippen MR) is 98.5 cm³/mol. The molecular weight excluding hydrogens is 368 g/mol. The van der Waals surface area contributed by atoms with Gasteiger partial charge in [-0.25, -0.2) is 4.98 Å². The standard InChI is InChI=1S/C19H18N2O2.BrH/c1-12-8-9-15-17(10-12)21-16(14-6-4-3-5-7-14)11-18(19(21)20-15)23-13(2)22;/h3-10,16,18H,11H2,1-2H3;1H. The van der Waals surface area contributed by atoms with Crippen molar-refractivity contribution in [2.45, 2.75) is 32.4 Å². The van der Waals surface area contributed by atoms with E-state index in [1.807, 2.05) is 24.3 Å². The van der Waals surface area contributed by atoms with E-state index in [1.165, 1.54) is 18.1 Å². The van der Waals surface area contributed by atoms with E-state index in [-0.39, 0.29) is 35.1 Å². The van der Waals surface area contributed by atoms with Gasteiger partial charge in [0.15, 0.2) is 11.9 Å². The fourth-order valence-electron chi connectivity index (χ4n) is 3.45. The number of ether oxygens (including phenoxy) is 1. The van der Waals surface area contributed by atoms with Crippen LogP contribution in [0.25, 0.3) is 11.0 Å². The number of fused-ring (bicyclic) bond motifs is 3. The van der Waals surface area contributed by atoms with Crippen molar-refractivity contribution in [2.24, 2.45) is 0 Å². The summed E-state index contributed by atoms with van der Waals surface area (Å²) in [4.78, 5) is 16.2. The molecule has 124 valence electrons. The smallest absolute Gasteiger partial charge is 0.303 e. The maximum Gasteiger partial charge on any atom is 0.303 e. The van der Waals surface area contributed by atoms with E-state index in [4.69, 9.17) is 9.72 Å². The van der Waals surface area contributed by atoms with Crippen LogP contribution in [-0.2, 0) is 9.53 Å². The minimum atomic E-state index is -0.287. The highest BCUT2D eigenvalue weighted by molar-refractivity contribution is 8.93. The first-order chi connectivity index (χ1) is 11.1. The summed E-state index contributed by atoms with van der Waals surface area (Å²) in [6, 6.07) is 16.7. The molecule has 1 aliphatic heterocycles. The maximum absolute atomic E-state index is 11.5. The third-order valence-electron chi connectivity index (χ3n) is 4.40. The van der Waals surface area contributed by atoms with E-state index in [1.54, 1.807) is 0 Å². The number of aryl methyl sites for hydroxylation is 1. The molecule has 0 saturated heterocycles. The molecule has 4 nitrogen and oxygen atoms in total. The lowest BCUT2D eigenvalue weighted by atomic mass is 10.0. The molecule has 2 unspecified atom stereocenters. The monoisotopic (exact) mass is 386 g/mol. The summed E-state index contributed by atoms with van der Waals surface area (Å²) >= 11 is 0. The molecule has 3 aromatic rings. The highest BCUT2D eigenvalue weighted by atomic mass is 79.9. The van der Waals surface area contributed by atoms with Gasteiger partial charge in [0.05, 0.1) is 17.1 Å². The van der Waals surface area contributed by atoms with E-state index in [0.717, 1.165) is 23.3 Å². The number of carbonyl (C=O) groups excluding carboxylic acids is 1. The Morgan fingerprint density at radius 2 is 1.96 bits per heavy atom. The Labute approximate surface area is 151 Å². The summed E-state index contributed by atoms with van der Waals surface area (Å²) in [5.41, 5.74) is 4.46. The first-order valence-corrected chi connectivity index (χ1v) is 7.84. The second-order valence-corrected chi connectivity index (χ2v) is 6.09. The van der Waals surface area contributed by atoms with Crippen LogP contribution in [0, 0.1) is 6.92 Å². The van der Waals surface area contributed by atoms with Gasteiger partial charge in [0.1, 0.15) is 0 Å². The Morgan fingerprint density at radius 1 is 1.21 bits per heavy atom. The van der Waals surface area contributed by atoms with Gasteiger partial charge in [-0.15, -0.1) is 17.0 Å². The van der Waals surface area contributed by atoms with Crippen LogP contribution in [0.3, 0.4) is 0 Å². The first kappa shape index (κ1) is 16.7. The lowest BCUT2D eigenvalue weighted by Gasteiger charge is -2.15. The van der Waals surface area contributed by atoms with Crippen molar-refractivity contribution in [1.29, 1.82) is 0 Å². The van der Waals surface area contributed by atoms with Crippen molar-refractivity contribution in [3.8, 4) is 0 Å². The summed E-state index contributed by atoms with van der Waals surface area (Å²) in [6.45, 7) is 3.53. The molecule has 0 spiro atoms. The van der Waals surface area contributed by atoms with Crippen LogP contribution in [0.15, 0.2) is 48.5 Å². The maximum atomic E-state index is 11.5. The van der Waals surface area contributed by atoms with Gasteiger partial charge in [-0.1, -0.05) is 36.4 Å². The fourth-order valence-corrected chi connectivity index (χ4v) is 3.45. The molecule has 24 heavy (non-hydrogen) atoms. The highest BCUT2D eigenvalue weighted by Crippen LogP contribution is 2.42. The van der Waals surface area contributed by atoms with E-state index >= 15 is 0 Å². The lowest BCUT2D eigenvalue weighted by molar-refractivity contribution is -0.146. The van der Waals surface area contributed by atoms with Gasteiger partial charge in [-0.2, -0.15) is 0 Å². The van der Waals surface area contributed by atoms with Gasteiger partial charge < -0.3 is 9.30 Å². The van der Waals surface area contributed by atoms with Crippen molar-refractivity contribution in [3.63, 3.8) is 0 Å². The number of benzene rings is 2. The Kier molecular flexibility index (Phi) is 4.45. The SMILES string of the molecule is Br.CC(=O)OC1CC(c2ccccc2)n2c1nc1ccc(C)cc12. The number of carbonyl (C=O) groups is 1. The second-order valence-electron chi connectivity index (χ2n) is 6.09. The summed E-state index contributed by atoms with van der Waals surface area (Å²) < 4.78 is 7.75. The summed E-state index contributed by atoms with van der Waals surface area (Å²) in [5.74, 6) is 0.577. The number of halogens is 1. The summed E-state index contributed by atoms with van der Waals surface area (Å²) in [5, 5.41) is 0. The number of imidazole rings is 1. The second kappa shape index (κ2) is 6.40. The molecule has 0 amide bonds. The third kappa shape index (κ3) is 2.73. The minimum absolute atomic E-state index is 0. The van der Waals surface area contributed by atoms with E-state index in [2.05, 4.69) is 35.8 Å². The zero-order chi connectivity index (χ0) is 16.0. The van der Waals surface area contributed by atoms with Crippen molar-refractivity contribution in [1.82, 2.24) is 9.55 Å². The zero-order valence-electron chi connectivity index (χ0n) is 13.6. The Morgan fingerprint density at radius 3 is 2.67 bits per heavy atom. The topological polar surface area (TPSA) is 44.1 Å². The predicted octanol–water partition coefficient (Wildman–Crippen LogP) is 4.52. The molecule has 0 saturated carbocycles. The number of rotatable bonds is 2. The largest absolute Gasteiger partial charge is 0.454 e. The van der Waals surface area contributed by atoms with Crippen LogP contribution >= 0.6 is 17.0 Å². The molecule has 2 aromatic carbocycles. The normalized spacial score (nSPS) is 18.9. The average molecular weight is 387 g/mol. The minimum Gasteiger partial charge on any atom is -0.454 e. The van der Waals surface area contributed by atoms with Crippen molar-refractivity contribution in [3.05, 3.63) is 65.5 Å². The Hall–Kier alpha value is -2.14. The third-order valence-corrected chi connectivity index (χ3v) is 4.40. The number of hydrogen-bond donors (Lipinski definition) is 0. The quantitative estimate of drug-likeness (QED) is 0.608. The van der Waals surface area contributed by atoms with Crippen LogP contribution in [0.4, 0.5) is 0 Å². The van der Waals surface area contributed by atoms with Crippen molar-refractivity contribution >= 4 is 34.0 Å². The molecule has 0 N–H and O–H groups in total. The molecule has 4 rings (SSSR count). The molecule has 2 heterocycles. The fraction of sp³-hybridized carbons (Fsp3) is 0.263. The summed E-state index contributed by atoms with van der Waals surface area (Å²) in [6.07, 6.45) is 0.445. The van der Waals surface area contributed by atoms with Gasteiger partial charge in [-0.3, -0.25) is 4.79 Å². The number of hydrogen-bond acceptors (Lipinski definition) is 3. The molecule has 0 bridgehead atoms. The van der Waals surface area contributed by atoms with Gasteiger partial charge in [0.25, 0.3) is 0 Å². The van der Waals surface area contributed by atoms with Crippen LogP contribution < -0.4 is 0 Å². The van der Waals surface area contributed by atoms with Crippen LogP contribution in [-0.4, -0.2) is 15.5 Å². The first-order valence-electron chi connectivity index (χ1n) is 7.84. The zero-order valence-corrected chi connectivity index (χ0v) is 15.3. The van der Waals surface area contributed by atoms with Crippen molar-refractivity contribution in [2.75, 3.05) is 0 Å². The van der Waals surface area contributed by atoms with Crippen LogP contribution in [0.1, 0.15) is 42.4 Å². The van der Waals surface area contributed by atoms with Crippen molar-refractivity contribution < 1.29 is 9.53 Å². The van der Waals surface area contributed by atoms with E-state index in [9.17, 15) is 4.79 Å².